The molecule has 0 saturated heterocycles. The van der Waals surface area contributed by atoms with Gasteiger partial charge in [-0.15, -0.1) is 0 Å². The summed E-state index contributed by atoms with van der Waals surface area (Å²) >= 11 is 0. The van der Waals surface area contributed by atoms with Gasteiger partial charge in [0.15, 0.2) is 6.10 Å². The molecular weight excluding hydrogens is 326 g/mol. The van der Waals surface area contributed by atoms with Gasteiger partial charge >= 0.3 is 6.09 Å². The summed E-state index contributed by atoms with van der Waals surface area (Å²) < 4.78 is 40.8. The third-order valence-corrected chi connectivity index (χ3v) is 3.42. The molecule has 1 amide bonds. The maximum absolute atomic E-state index is 12.8. The smallest absolute Gasteiger partial charge is 0.405 e. The Labute approximate surface area is 135 Å². The van der Waals surface area contributed by atoms with Gasteiger partial charge in [-0.2, -0.15) is 4.98 Å². The highest BCUT2D eigenvalue weighted by atomic mass is 19.3. The summed E-state index contributed by atoms with van der Waals surface area (Å²) in [5.41, 5.74) is 5.44. The van der Waals surface area contributed by atoms with Crippen LogP contribution in [0.1, 0.15) is 31.8 Å². The van der Waals surface area contributed by atoms with Crippen molar-refractivity contribution in [2.45, 2.75) is 37.9 Å². The fourth-order valence-corrected chi connectivity index (χ4v) is 2.22. The van der Waals surface area contributed by atoms with E-state index in [0.29, 0.717) is 5.56 Å². The van der Waals surface area contributed by atoms with Crippen LogP contribution in [0.15, 0.2) is 22.9 Å². The normalized spacial score (nSPS) is 17.8. The van der Waals surface area contributed by atoms with Crippen molar-refractivity contribution in [2.75, 3.05) is 0 Å². The number of rotatable bonds is 5. The predicted octanol–water partition coefficient (Wildman–Crippen LogP) is 2.46. The molecule has 0 aliphatic heterocycles. The predicted molar refractivity (Wildman–Crippen MR) is 75.2 cm³/mol. The third-order valence-electron chi connectivity index (χ3n) is 3.42. The van der Waals surface area contributed by atoms with Crippen molar-refractivity contribution in [3.8, 4) is 17.3 Å². The van der Waals surface area contributed by atoms with Gasteiger partial charge < -0.3 is 19.7 Å². The third kappa shape index (κ3) is 3.58. The molecule has 2 aromatic heterocycles. The molecule has 0 unspecified atom stereocenters. The van der Waals surface area contributed by atoms with Crippen LogP contribution in [-0.2, 0) is 4.74 Å². The van der Waals surface area contributed by atoms with E-state index in [1.54, 1.807) is 6.07 Å². The molecule has 1 atom stereocenters. The molecule has 2 aromatic rings. The minimum absolute atomic E-state index is 0.0710. The Balaban J connectivity index is 1.70. The van der Waals surface area contributed by atoms with Crippen molar-refractivity contribution in [3.05, 3.63) is 24.2 Å². The zero-order valence-electron chi connectivity index (χ0n) is 12.6. The fraction of sp³-hybridized carbons (Fsp3) is 0.429. The number of amides is 1. The lowest BCUT2D eigenvalue weighted by molar-refractivity contribution is -0.135. The lowest BCUT2D eigenvalue weighted by atomic mass is 9.91. The average molecular weight is 340 g/mol. The Morgan fingerprint density at radius 2 is 2.25 bits per heavy atom. The van der Waals surface area contributed by atoms with Crippen molar-refractivity contribution >= 4 is 6.09 Å². The summed E-state index contributed by atoms with van der Waals surface area (Å²) in [6, 6.07) is 3.13. The largest absolute Gasteiger partial charge is 0.474 e. The quantitative estimate of drug-likeness (QED) is 0.889. The number of primary amides is 1. The summed E-state index contributed by atoms with van der Waals surface area (Å²) in [6.45, 7) is 1.53. The number of hydrogen-bond donors (Lipinski definition) is 1. The first-order chi connectivity index (χ1) is 11.3. The first-order valence-electron chi connectivity index (χ1n) is 7.13. The number of nitrogens with two attached hydrogens (primary N) is 1. The molecule has 24 heavy (non-hydrogen) atoms. The number of ether oxygens (including phenoxy) is 2. The Bertz CT molecular complexity index is 744. The van der Waals surface area contributed by atoms with Gasteiger partial charge in [-0.1, -0.05) is 5.16 Å². The number of hydrogen-bond acceptors (Lipinski definition) is 7. The van der Waals surface area contributed by atoms with Crippen molar-refractivity contribution in [1.82, 2.24) is 15.1 Å². The van der Waals surface area contributed by atoms with Crippen LogP contribution in [0.5, 0.6) is 5.88 Å². The number of aromatic nitrogens is 3. The van der Waals surface area contributed by atoms with Crippen molar-refractivity contribution in [2.24, 2.45) is 5.73 Å². The molecule has 2 heterocycles. The fourth-order valence-electron chi connectivity index (χ4n) is 2.22. The highest BCUT2D eigenvalue weighted by Crippen LogP contribution is 2.39. The Morgan fingerprint density at radius 3 is 2.92 bits per heavy atom. The highest BCUT2D eigenvalue weighted by Gasteiger charge is 2.47. The summed E-state index contributed by atoms with van der Waals surface area (Å²) in [6.07, 6.45) is -1.52. The zero-order chi connectivity index (χ0) is 17.3. The maximum Gasteiger partial charge on any atom is 0.405 e. The van der Waals surface area contributed by atoms with Crippen molar-refractivity contribution in [3.63, 3.8) is 0 Å². The molecule has 0 aromatic carbocycles. The van der Waals surface area contributed by atoms with Crippen LogP contribution in [0, 0.1) is 0 Å². The standard InChI is InChI=1S/C14H14F2N4O4/c1-7(22-13(17)21)12-19-11(20-24-12)8-2-3-18-10(4-8)23-9-5-14(15,16)6-9/h2-4,7,9H,5-6H2,1H3,(H2,17,21)/t7-/m0/s1. The van der Waals surface area contributed by atoms with Gasteiger partial charge in [0.1, 0.15) is 6.10 Å². The molecule has 2 N–H and O–H groups in total. The molecule has 3 rings (SSSR count). The minimum atomic E-state index is -2.67. The van der Waals surface area contributed by atoms with Crippen LogP contribution < -0.4 is 10.5 Å². The van der Waals surface area contributed by atoms with Crippen LogP contribution in [0.3, 0.4) is 0 Å². The molecule has 128 valence electrons. The van der Waals surface area contributed by atoms with Crippen LogP contribution in [0.4, 0.5) is 13.6 Å². The molecule has 0 bridgehead atoms. The molecule has 1 saturated carbocycles. The van der Waals surface area contributed by atoms with E-state index in [-0.39, 0.29) is 30.4 Å². The lowest BCUT2D eigenvalue weighted by Gasteiger charge is -2.34. The Morgan fingerprint density at radius 1 is 1.50 bits per heavy atom. The molecule has 1 fully saturated rings. The van der Waals surface area contributed by atoms with Gasteiger partial charge in [-0.3, -0.25) is 0 Å². The second kappa shape index (κ2) is 6.02. The molecule has 1 aliphatic rings. The van der Waals surface area contributed by atoms with E-state index in [1.165, 1.54) is 19.2 Å². The van der Waals surface area contributed by atoms with Crippen molar-refractivity contribution < 1.29 is 27.6 Å². The SMILES string of the molecule is C[C@H](OC(N)=O)c1nc(-c2ccnc(OC3CC(F)(F)C3)c2)no1. The van der Waals surface area contributed by atoms with E-state index in [0.717, 1.165) is 0 Å². The van der Waals surface area contributed by atoms with Crippen LogP contribution >= 0.6 is 0 Å². The van der Waals surface area contributed by atoms with Gasteiger partial charge in [-0.05, 0) is 13.0 Å². The molecule has 1 aliphatic carbocycles. The van der Waals surface area contributed by atoms with Gasteiger partial charge in [0.05, 0.1) is 0 Å². The Kier molecular flexibility index (Phi) is 4.04. The van der Waals surface area contributed by atoms with Gasteiger partial charge in [0.25, 0.3) is 11.8 Å². The number of nitrogens with zero attached hydrogens (tertiary/aromatic N) is 3. The summed E-state index contributed by atoms with van der Waals surface area (Å²) in [5, 5.41) is 3.77. The topological polar surface area (TPSA) is 113 Å². The van der Waals surface area contributed by atoms with Crippen LogP contribution in [-0.4, -0.2) is 33.2 Å². The second-order valence-corrected chi connectivity index (χ2v) is 5.42. The average Bonchev–Trinajstić information content (AvgIpc) is 2.95. The highest BCUT2D eigenvalue weighted by molar-refractivity contribution is 5.64. The zero-order valence-corrected chi connectivity index (χ0v) is 12.6. The lowest BCUT2D eigenvalue weighted by Crippen LogP contribution is -2.43. The van der Waals surface area contributed by atoms with Crippen molar-refractivity contribution in [1.29, 1.82) is 0 Å². The second-order valence-electron chi connectivity index (χ2n) is 5.42. The summed E-state index contributed by atoms with van der Waals surface area (Å²) in [7, 11) is 0. The Hall–Kier alpha value is -2.78. The molecular formula is C14H14F2N4O4. The van der Waals surface area contributed by atoms with E-state index < -0.39 is 24.2 Å². The van der Waals surface area contributed by atoms with E-state index in [4.69, 9.17) is 19.7 Å². The minimum Gasteiger partial charge on any atom is -0.474 e. The molecule has 8 nitrogen and oxygen atoms in total. The van der Waals surface area contributed by atoms with Gasteiger partial charge in [0.2, 0.25) is 11.7 Å². The van der Waals surface area contributed by atoms with E-state index in [2.05, 4.69) is 15.1 Å². The number of carbonyl (C=O) groups is 1. The monoisotopic (exact) mass is 340 g/mol. The van der Waals surface area contributed by atoms with Gasteiger partial charge in [0, 0.05) is 30.7 Å². The summed E-state index contributed by atoms with van der Waals surface area (Å²) in [5.74, 6) is -2.18. The molecule has 0 spiro atoms. The van der Waals surface area contributed by atoms with E-state index in [9.17, 15) is 13.6 Å². The number of pyridine rings is 1. The maximum atomic E-state index is 12.8. The molecule has 0 radical (unpaired) electrons. The first kappa shape index (κ1) is 16.1. The van der Waals surface area contributed by atoms with E-state index in [1.807, 2.05) is 0 Å². The molecule has 10 heteroatoms. The van der Waals surface area contributed by atoms with E-state index >= 15 is 0 Å². The van der Waals surface area contributed by atoms with Crippen LogP contribution in [0.2, 0.25) is 0 Å². The van der Waals surface area contributed by atoms with Gasteiger partial charge in [-0.25, -0.2) is 18.6 Å². The van der Waals surface area contributed by atoms with Crippen LogP contribution in [0.25, 0.3) is 11.4 Å². The number of carbonyl (C=O) groups excluding carboxylic acids is 1. The number of alkyl halides is 2. The number of halogens is 2. The summed E-state index contributed by atoms with van der Waals surface area (Å²) in [4.78, 5) is 18.8. The first-order valence-corrected chi connectivity index (χ1v) is 7.13.